The first-order valence-corrected chi connectivity index (χ1v) is 10.7. The Morgan fingerprint density at radius 2 is 1.66 bits per heavy atom. The molecule has 0 radical (unpaired) electrons. The van der Waals surface area contributed by atoms with E-state index in [0.717, 1.165) is 34.0 Å². The topological polar surface area (TPSA) is 94.3 Å². The molecular weight excluding hydrogens is 487 g/mol. The van der Waals surface area contributed by atoms with Gasteiger partial charge < -0.3 is 9.84 Å². The number of carboxylic acids is 1. The summed E-state index contributed by atoms with van der Waals surface area (Å²) < 4.78 is 45.1. The van der Waals surface area contributed by atoms with Gasteiger partial charge in [-0.2, -0.15) is 13.2 Å². The van der Waals surface area contributed by atoms with E-state index in [1.165, 1.54) is 0 Å². The van der Waals surface area contributed by atoms with E-state index in [9.17, 15) is 27.9 Å². The lowest BCUT2D eigenvalue weighted by Gasteiger charge is -2.16. The zero-order valence-electron chi connectivity index (χ0n) is 17.9. The number of hydrogen-bond donors (Lipinski definition) is 1. The van der Waals surface area contributed by atoms with Crippen LogP contribution in [0.15, 0.2) is 71.5 Å². The number of nitrogens with zero attached hydrogens (tertiary/aromatic N) is 3. The summed E-state index contributed by atoms with van der Waals surface area (Å²) >= 11 is 5.90. The van der Waals surface area contributed by atoms with E-state index >= 15 is 0 Å². The molecule has 1 atom stereocenters. The maximum absolute atomic E-state index is 12.9. The predicted octanol–water partition coefficient (Wildman–Crippen LogP) is 5.05. The number of alkyl halides is 3. The third-order valence-electron chi connectivity index (χ3n) is 5.24. The second kappa shape index (κ2) is 9.75. The van der Waals surface area contributed by atoms with Crippen LogP contribution in [0.2, 0.25) is 5.02 Å². The molecule has 7 nitrogen and oxygen atoms in total. The number of benzene rings is 3. The van der Waals surface area contributed by atoms with Crippen molar-refractivity contribution in [1.82, 2.24) is 15.0 Å². The third kappa shape index (κ3) is 5.60. The van der Waals surface area contributed by atoms with Gasteiger partial charge in [0.2, 0.25) is 0 Å². The van der Waals surface area contributed by atoms with Gasteiger partial charge in [-0.25, -0.2) is 9.48 Å². The van der Waals surface area contributed by atoms with Crippen molar-refractivity contribution in [2.24, 2.45) is 0 Å². The van der Waals surface area contributed by atoms with E-state index in [1.807, 2.05) is 12.1 Å². The lowest BCUT2D eigenvalue weighted by atomic mass is 10.1. The Morgan fingerprint density at radius 1 is 1.03 bits per heavy atom. The highest BCUT2D eigenvalue weighted by atomic mass is 35.5. The summed E-state index contributed by atoms with van der Waals surface area (Å²) in [5.41, 5.74) is -0.0224. The van der Waals surface area contributed by atoms with Gasteiger partial charge in [-0.3, -0.25) is 4.79 Å². The van der Waals surface area contributed by atoms with Crippen molar-refractivity contribution in [3.8, 4) is 16.9 Å². The van der Waals surface area contributed by atoms with Crippen LogP contribution in [0.25, 0.3) is 22.0 Å². The Bertz CT molecular complexity index is 1420. The van der Waals surface area contributed by atoms with Gasteiger partial charge in [-0.05, 0) is 53.6 Å². The molecule has 11 heteroatoms. The molecule has 0 bridgehead atoms. The summed E-state index contributed by atoms with van der Waals surface area (Å²) in [6.07, 6.45) is -6.01. The Balaban J connectivity index is 1.47. The molecule has 0 spiro atoms. The van der Waals surface area contributed by atoms with Gasteiger partial charge in [-0.1, -0.05) is 41.1 Å². The minimum absolute atomic E-state index is 0.0569. The normalized spacial score (nSPS) is 12.5. The molecule has 0 aliphatic carbocycles. The highest BCUT2D eigenvalue weighted by Gasteiger charge is 2.31. The number of hydrogen-bond acceptors (Lipinski definition) is 5. The number of fused-ring (bicyclic) bond motifs is 1. The van der Waals surface area contributed by atoms with Crippen LogP contribution in [0.5, 0.6) is 5.75 Å². The quantitative estimate of drug-likeness (QED) is 0.379. The smallest absolute Gasteiger partial charge is 0.416 e. The SMILES string of the molecule is O=C(O)C(CCn1nnc2cc(C(F)(F)F)ccc2c1=O)Oc1ccc(-c2ccc(Cl)cc2)cc1. The van der Waals surface area contributed by atoms with Crippen LogP contribution in [0.1, 0.15) is 12.0 Å². The van der Waals surface area contributed by atoms with Crippen LogP contribution >= 0.6 is 11.6 Å². The zero-order valence-corrected chi connectivity index (χ0v) is 18.6. The number of halogens is 4. The van der Waals surface area contributed by atoms with E-state index < -0.39 is 29.4 Å². The van der Waals surface area contributed by atoms with Crippen molar-refractivity contribution in [3.05, 3.63) is 87.7 Å². The number of aliphatic carboxylic acids is 1. The Kier molecular flexibility index (Phi) is 6.74. The van der Waals surface area contributed by atoms with E-state index in [2.05, 4.69) is 10.3 Å². The van der Waals surface area contributed by atoms with E-state index in [-0.39, 0.29) is 23.9 Å². The molecule has 1 unspecified atom stereocenters. The third-order valence-corrected chi connectivity index (χ3v) is 5.49. The van der Waals surface area contributed by atoms with Crippen LogP contribution in [0.3, 0.4) is 0 Å². The molecule has 0 fully saturated rings. The molecule has 35 heavy (non-hydrogen) atoms. The average molecular weight is 504 g/mol. The van der Waals surface area contributed by atoms with Gasteiger partial charge >= 0.3 is 12.1 Å². The molecule has 4 rings (SSSR count). The molecular formula is C24H17ClF3N3O4. The molecule has 1 N–H and O–H groups in total. The molecule has 180 valence electrons. The predicted molar refractivity (Wildman–Crippen MR) is 122 cm³/mol. The maximum Gasteiger partial charge on any atom is 0.416 e. The van der Waals surface area contributed by atoms with Crippen LogP contribution in [-0.2, 0) is 17.5 Å². The fourth-order valence-electron chi connectivity index (χ4n) is 3.40. The highest BCUT2D eigenvalue weighted by molar-refractivity contribution is 6.30. The van der Waals surface area contributed by atoms with Gasteiger partial charge in [0.1, 0.15) is 11.3 Å². The van der Waals surface area contributed by atoms with Crippen LogP contribution < -0.4 is 10.3 Å². The minimum Gasteiger partial charge on any atom is -0.479 e. The van der Waals surface area contributed by atoms with Crippen molar-refractivity contribution < 1.29 is 27.8 Å². The van der Waals surface area contributed by atoms with Crippen molar-refractivity contribution in [3.63, 3.8) is 0 Å². The van der Waals surface area contributed by atoms with E-state index in [0.29, 0.717) is 10.8 Å². The summed E-state index contributed by atoms with van der Waals surface area (Å²) in [6.45, 7) is -0.164. The number of aryl methyl sites for hydroxylation is 1. The molecule has 4 aromatic rings. The first-order chi connectivity index (χ1) is 16.6. The number of ether oxygens (including phenoxy) is 1. The molecule has 0 amide bonds. The summed E-state index contributed by atoms with van der Waals surface area (Å²) in [6, 6.07) is 16.6. The van der Waals surface area contributed by atoms with Crippen molar-refractivity contribution in [1.29, 1.82) is 0 Å². The zero-order chi connectivity index (χ0) is 25.2. The van der Waals surface area contributed by atoms with Gasteiger partial charge in [0.15, 0.2) is 6.10 Å². The largest absolute Gasteiger partial charge is 0.479 e. The van der Waals surface area contributed by atoms with Gasteiger partial charge in [0.05, 0.1) is 17.5 Å². The molecule has 3 aromatic carbocycles. The summed E-state index contributed by atoms with van der Waals surface area (Å²) in [5, 5.41) is 17.4. The summed E-state index contributed by atoms with van der Waals surface area (Å²) in [5.74, 6) is -0.935. The van der Waals surface area contributed by atoms with Crippen LogP contribution in [-0.4, -0.2) is 32.2 Å². The monoisotopic (exact) mass is 503 g/mol. The van der Waals surface area contributed by atoms with Crippen molar-refractivity contribution >= 4 is 28.5 Å². The fourth-order valence-corrected chi connectivity index (χ4v) is 3.53. The Morgan fingerprint density at radius 3 is 2.26 bits per heavy atom. The Labute approximate surface area is 201 Å². The summed E-state index contributed by atoms with van der Waals surface area (Å²) in [7, 11) is 0. The molecule has 0 aliphatic heterocycles. The number of carbonyl (C=O) groups is 1. The number of rotatable bonds is 7. The second-order valence-electron chi connectivity index (χ2n) is 7.61. The van der Waals surface area contributed by atoms with Crippen molar-refractivity contribution in [2.45, 2.75) is 25.2 Å². The average Bonchev–Trinajstić information content (AvgIpc) is 2.83. The molecule has 0 saturated carbocycles. The van der Waals surface area contributed by atoms with E-state index in [1.54, 1.807) is 36.4 Å². The van der Waals surface area contributed by atoms with Crippen molar-refractivity contribution in [2.75, 3.05) is 0 Å². The van der Waals surface area contributed by atoms with Gasteiger partial charge in [-0.15, -0.1) is 5.10 Å². The first-order valence-electron chi connectivity index (χ1n) is 10.3. The lowest BCUT2D eigenvalue weighted by Crippen LogP contribution is -2.32. The number of carboxylic acid groups (broad SMARTS) is 1. The minimum atomic E-state index is -4.58. The fraction of sp³-hybridized carbons (Fsp3) is 0.167. The number of aromatic nitrogens is 3. The van der Waals surface area contributed by atoms with Crippen LogP contribution in [0.4, 0.5) is 13.2 Å². The Hall–Kier alpha value is -3.92. The molecule has 0 aliphatic rings. The van der Waals surface area contributed by atoms with Gasteiger partial charge in [0, 0.05) is 11.4 Å². The molecule has 0 saturated heterocycles. The molecule has 1 aromatic heterocycles. The van der Waals surface area contributed by atoms with Crippen LogP contribution in [0, 0.1) is 0 Å². The van der Waals surface area contributed by atoms with E-state index in [4.69, 9.17) is 16.3 Å². The maximum atomic E-state index is 12.9. The standard InChI is InChI=1S/C24H17ClF3N3O4/c25-17-6-1-14(2-7-17)15-3-8-18(9-4-15)35-21(23(33)34)11-12-31-22(32)19-10-5-16(24(26,27)28)13-20(19)29-30-31/h1-10,13,21H,11-12H2,(H,33,34). The molecule has 1 heterocycles. The van der Waals surface area contributed by atoms with Gasteiger partial charge in [0.25, 0.3) is 5.56 Å². The lowest BCUT2D eigenvalue weighted by molar-refractivity contribution is -0.145. The second-order valence-corrected chi connectivity index (χ2v) is 8.05. The first kappa shape index (κ1) is 24.2. The highest BCUT2D eigenvalue weighted by Crippen LogP contribution is 2.30. The summed E-state index contributed by atoms with van der Waals surface area (Å²) in [4.78, 5) is 24.3.